The number of rotatable bonds is 3. The van der Waals surface area contributed by atoms with Crippen molar-refractivity contribution < 1.29 is 9.53 Å². The molecule has 5 heteroatoms. The molecule has 0 bridgehead atoms. The molecule has 5 nitrogen and oxygen atoms in total. The van der Waals surface area contributed by atoms with Crippen molar-refractivity contribution >= 4 is 5.97 Å². The summed E-state index contributed by atoms with van der Waals surface area (Å²) in [5.74, 6) is -0.161. The molecule has 2 heterocycles. The number of hydrogen-bond acceptors (Lipinski definition) is 5. The second-order valence-electron chi connectivity index (χ2n) is 3.95. The van der Waals surface area contributed by atoms with Crippen molar-refractivity contribution in [2.75, 3.05) is 13.7 Å². The molecule has 0 amide bonds. The highest BCUT2D eigenvalue weighted by atomic mass is 16.5. The summed E-state index contributed by atoms with van der Waals surface area (Å²) in [7, 11) is 1.42. The van der Waals surface area contributed by atoms with Gasteiger partial charge >= 0.3 is 5.97 Å². The van der Waals surface area contributed by atoms with Crippen LogP contribution >= 0.6 is 0 Å². The van der Waals surface area contributed by atoms with Gasteiger partial charge in [-0.15, -0.1) is 0 Å². The molecular formula is C11H15N3O2. The first-order valence-electron chi connectivity index (χ1n) is 5.30. The van der Waals surface area contributed by atoms with Crippen LogP contribution in [0.3, 0.4) is 0 Å². The Morgan fingerprint density at radius 1 is 1.56 bits per heavy atom. The van der Waals surface area contributed by atoms with Gasteiger partial charge in [-0.3, -0.25) is 19.7 Å². The maximum absolute atomic E-state index is 11.3. The molecule has 0 aromatic carbocycles. The van der Waals surface area contributed by atoms with Gasteiger partial charge in [-0.05, 0) is 13.3 Å². The van der Waals surface area contributed by atoms with Crippen molar-refractivity contribution in [1.82, 2.24) is 14.9 Å². The minimum atomic E-state index is -0.161. The van der Waals surface area contributed by atoms with Gasteiger partial charge in [-0.2, -0.15) is 0 Å². The van der Waals surface area contributed by atoms with Crippen molar-refractivity contribution in [3.05, 3.63) is 23.8 Å². The van der Waals surface area contributed by atoms with Gasteiger partial charge in [0.15, 0.2) is 0 Å². The Kier molecular flexibility index (Phi) is 3.14. The van der Waals surface area contributed by atoms with Crippen molar-refractivity contribution in [3.8, 4) is 0 Å². The molecule has 1 unspecified atom stereocenters. The van der Waals surface area contributed by atoms with E-state index in [-0.39, 0.29) is 12.0 Å². The highest BCUT2D eigenvalue weighted by Crippen LogP contribution is 2.20. The number of carbonyl (C=O) groups is 1. The van der Waals surface area contributed by atoms with Crippen LogP contribution in [-0.2, 0) is 16.1 Å². The number of methoxy groups -OCH3 is 1. The molecule has 1 aromatic rings. The Hall–Kier alpha value is -1.49. The summed E-state index contributed by atoms with van der Waals surface area (Å²) in [5.41, 5.74) is 1.79. The first kappa shape index (κ1) is 11.0. The third kappa shape index (κ3) is 2.19. The summed E-state index contributed by atoms with van der Waals surface area (Å²) in [6.07, 6.45) is 4.36. The van der Waals surface area contributed by atoms with Gasteiger partial charge in [-0.1, -0.05) is 0 Å². The molecule has 16 heavy (non-hydrogen) atoms. The number of hydrogen-bond donors (Lipinski definition) is 0. The number of carbonyl (C=O) groups excluding carboxylic acids is 1. The Labute approximate surface area is 94.5 Å². The van der Waals surface area contributed by atoms with Gasteiger partial charge in [0.1, 0.15) is 6.04 Å². The molecule has 1 aromatic heterocycles. The van der Waals surface area contributed by atoms with Crippen LogP contribution in [-0.4, -0.2) is 40.5 Å². The minimum absolute atomic E-state index is 0.104. The Bertz CT molecular complexity index is 377. The van der Waals surface area contributed by atoms with Crippen molar-refractivity contribution in [1.29, 1.82) is 0 Å². The molecule has 1 atom stereocenters. The van der Waals surface area contributed by atoms with E-state index in [4.69, 9.17) is 4.74 Å². The molecule has 0 spiro atoms. The topological polar surface area (TPSA) is 55.3 Å². The summed E-state index contributed by atoms with van der Waals surface area (Å²) >= 11 is 0. The second kappa shape index (κ2) is 4.57. The lowest BCUT2D eigenvalue weighted by atomic mass is 10.0. The highest BCUT2D eigenvalue weighted by molar-refractivity contribution is 5.76. The molecule has 2 rings (SSSR count). The average Bonchev–Trinajstić information content (AvgIpc) is 2.26. The van der Waals surface area contributed by atoms with Gasteiger partial charge in [0.2, 0.25) is 0 Å². The standard InChI is InChI=1S/C11H15N3O2/c1-8-5-13-9(6-12-8)7-14-4-3-10(14)11(15)16-2/h5-6,10H,3-4,7H2,1-2H3. The summed E-state index contributed by atoms with van der Waals surface area (Å²) in [6, 6.07) is -0.104. The third-order valence-electron chi connectivity index (χ3n) is 2.80. The maximum atomic E-state index is 11.3. The van der Waals surface area contributed by atoms with Crippen LogP contribution in [0.1, 0.15) is 17.8 Å². The van der Waals surface area contributed by atoms with E-state index >= 15 is 0 Å². The molecule has 1 aliphatic heterocycles. The lowest BCUT2D eigenvalue weighted by Gasteiger charge is -2.38. The fraction of sp³-hybridized carbons (Fsp3) is 0.545. The zero-order valence-corrected chi connectivity index (χ0v) is 9.51. The lowest BCUT2D eigenvalue weighted by Crippen LogP contribution is -2.52. The normalized spacial score (nSPS) is 20.2. The second-order valence-corrected chi connectivity index (χ2v) is 3.95. The van der Waals surface area contributed by atoms with Crippen LogP contribution in [0.25, 0.3) is 0 Å². The van der Waals surface area contributed by atoms with Gasteiger partial charge in [0, 0.05) is 25.5 Å². The smallest absolute Gasteiger partial charge is 0.323 e. The largest absolute Gasteiger partial charge is 0.468 e. The van der Waals surface area contributed by atoms with E-state index in [9.17, 15) is 4.79 Å². The molecule has 86 valence electrons. The zero-order chi connectivity index (χ0) is 11.5. The van der Waals surface area contributed by atoms with Gasteiger partial charge < -0.3 is 4.74 Å². The van der Waals surface area contributed by atoms with Crippen LogP contribution in [0.2, 0.25) is 0 Å². The predicted molar refractivity (Wildman–Crippen MR) is 57.6 cm³/mol. The van der Waals surface area contributed by atoms with Crippen LogP contribution in [0.4, 0.5) is 0 Å². The van der Waals surface area contributed by atoms with Crippen LogP contribution in [0.5, 0.6) is 0 Å². The zero-order valence-electron chi connectivity index (χ0n) is 9.51. The summed E-state index contributed by atoms with van der Waals surface area (Å²) in [4.78, 5) is 21.8. The Balaban J connectivity index is 1.95. The van der Waals surface area contributed by atoms with E-state index in [1.807, 2.05) is 11.8 Å². The molecule has 1 saturated heterocycles. The Morgan fingerprint density at radius 2 is 2.38 bits per heavy atom. The number of esters is 1. The minimum Gasteiger partial charge on any atom is -0.468 e. The lowest BCUT2D eigenvalue weighted by molar-refractivity contribution is -0.152. The molecule has 0 aliphatic carbocycles. The van der Waals surface area contributed by atoms with Crippen LogP contribution < -0.4 is 0 Å². The first-order valence-corrected chi connectivity index (χ1v) is 5.30. The predicted octanol–water partition coefficient (Wildman–Crippen LogP) is 0.532. The van der Waals surface area contributed by atoms with E-state index in [1.54, 1.807) is 12.4 Å². The number of aromatic nitrogens is 2. The molecular weight excluding hydrogens is 206 g/mol. The van der Waals surface area contributed by atoms with Crippen LogP contribution in [0, 0.1) is 6.92 Å². The highest BCUT2D eigenvalue weighted by Gasteiger charge is 2.34. The SMILES string of the molecule is COC(=O)C1CCN1Cc1cnc(C)cn1. The first-order chi connectivity index (χ1) is 7.70. The van der Waals surface area contributed by atoms with Crippen molar-refractivity contribution in [3.63, 3.8) is 0 Å². The van der Waals surface area contributed by atoms with Crippen molar-refractivity contribution in [2.24, 2.45) is 0 Å². The number of nitrogens with zero attached hydrogens (tertiary/aromatic N) is 3. The summed E-state index contributed by atoms with van der Waals surface area (Å²) in [6.45, 7) is 3.47. The fourth-order valence-electron chi connectivity index (χ4n) is 1.74. The summed E-state index contributed by atoms with van der Waals surface area (Å²) in [5, 5.41) is 0. The quantitative estimate of drug-likeness (QED) is 0.697. The maximum Gasteiger partial charge on any atom is 0.323 e. The number of likely N-dealkylation sites (tertiary alicyclic amines) is 1. The third-order valence-corrected chi connectivity index (χ3v) is 2.80. The van der Waals surface area contributed by atoms with Gasteiger partial charge in [0.05, 0.1) is 18.5 Å². The van der Waals surface area contributed by atoms with Crippen LogP contribution in [0.15, 0.2) is 12.4 Å². The fourth-order valence-corrected chi connectivity index (χ4v) is 1.74. The average molecular weight is 221 g/mol. The van der Waals surface area contributed by atoms with E-state index in [0.717, 1.165) is 24.4 Å². The van der Waals surface area contributed by atoms with E-state index < -0.39 is 0 Å². The number of aryl methyl sites for hydroxylation is 1. The molecule has 1 aliphatic rings. The monoisotopic (exact) mass is 221 g/mol. The summed E-state index contributed by atoms with van der Waals surface area (Å²) < 4.78 is 4.72. The molecule has 0 radical (unpaired) electrons. The number of ether oxygens (including phenoxy) is 1. The van der Waals surface area contributed by atoms with E-state index in [2.05, 4.69) is 9.97 Å². The molecule has 0 saturated carbocycles. The Morgan fingerprint density at radius 3 is 2.88 bits per heavy atom. The molecule has 0 N–H and O–H groups in total. The van der Waals surface area contributed by atoms with Gasteiger partial charge in [-0.25, -0.2) is 0 Å². The van der Waals surface area contributed by atoms with E-state index in [0.29, 0.717) is 6.54 Å². The van der Waals surface area contributed by atoms with E-state index in [1.165, 1.54) is 7.11 Å². The van der Waals surface area contributed by atoms with Crippen molar-refractivity contribution in [2.45, 2.75) is 25.9 Å². The molecule has 1 fully saturated rings. The van der Waals surface area contributed by atoms with Gasteiger partial charge in [0.25, 0.3) is 0 Å².